The molecule has 0 spiro atoms. The van der Waals surface area contributed by atoms with Crippen LogP contribution in [0.2, 0.25) is 5.02 Å². The molecule has 0 atom stereocenters. The number of aromatic nitrogens is 2. The fourth-order valence-electron chi connectivity index (χ4n) is 1.83. The first kappa shape index (κ1) is 13.5. The van der Waals surface area contributed by atoms with E-state index in [1.54, 1.807) is 18.9 Å². The molecule has 0 bridgehead atoms. The fraction of sp³-hybridized carbons (Fsp3) is 0.308. The SMILES string of the molecule is COc1cc(Cn2nc(C)c(Cl)c2N)cc(OC)c1. The highest BCUT2D eigenvalue weighted by Crippen LogP contribution is 2.26. The normalized spacial score (nSPS) is 10.5. The summed E-state index contributed by atoms with van der Waals surface area (Å²) in [4.78, 5) is 0. The lowest BCUT2D eigenvalue weighted by molar-refractivity contribution is 0.393. The lowest BCUT2D eigenvalue weighted by Gasteiger charge is -2.09. The number of nitrogens with zero attached hydrogens (tertiary/aromatic N) is 2. The molecule has 0 aliphatic heterocycles. The highest BCUT2D eigenvalue weighted by Gasteiger charge is 2.11. The van der Waals surface area contributed by atoms with Gasteiger partial charge in [-0.1, -0.05) is 11.6 Å². The summed E-state index contributed by atoms with van der Waals surface area (Å²) >= 11 is 6.02. The molecule has 0 unspecified atom stereocenters. The van der Waals surface area contributed by atoms with Gasteiger partial charge < -0.3 is 15.2 Å². The van der Waals surface area contributed by atoms with Gasteiger partial charge in [0, 0.05) is 6.07 Å². The first-order chi connectivity index (χ1) is 9.05. The van der Waals surface area contributed by atoms with E-state index in [1.165, 1.54) is 0 Å². The van der Waals surface area contributed by atoms with Gasteiger partial charge >= 0.3 is 0 Å². The minimum Gasteiger partial charge on any atom is -0.497 e. The molecule has 2 aromatic rings. The Morgan fingerprint density at radius 3 is 2.21 bits per heavy atom. The molecule has 0 saturated carbocycles. The fourth-order valence-corrected chi connectivity index (χ4v) is 1.96. The van der Waals surface area contributed by atoms with Crippen molar-refractivity contribution in [3.8, 4) is 11.5 Å². The van der Waals surface area contributed by atoms with Crippen molar-refractivity contribution < 1.29 is 9.47 Å². The third-order valence-corrected chi connectivity index (χ3v) is 3.30. The number of hydrogen-bond donors (Lipinski definition) is 1. The predicted molar refractivity (Wildman–Crippen MR) is 75.0 cm³/mol. The quantitative estimate of drug-likeness (QED) is 0.935. The van der Waals surface area contributed by atoms with Crippen LogP contribution in [0.1, 0.15) is 11.3 Å². The Balaban J connectivity index is 2.34. The highest BCUT2D eigenvalue weighted by atomic mass is 35.5. The minimum absolute atomic E-state index is 0.459. The molecule has 102 valence electrons. The van der Waals surface area contributed by atoms with Crippen LogP contribution in [0.25, 0.3) is 0 Å². The number of ether oxygens (including phenoxy) is 2. The van der Waals surface area contributed by atoms with Gasteiger partial charge in [-0.2, -0.15) is 5.10 Å². The first-order valence-corrected chi connectivity index (χ1v) is 6.13. The molecule has 2 rings (SSSR count). The van der Waals surface area contributed by atoms with E-state index in [0.717, 1.165) is 17.1 Å². The van der Waals surface area contributed by atoms with Gasteiger partial charge in [0.05, 0.1) is 26.5 Å². The van der Waals surface area contributed by atoms with E-state index in [2.05, 4.69) is 5.10 Å². The van der Waals surface area contributed by atoms with Crippen molar-refractivity contribution in [1.29, 1.82) is 0 Å². The smallest absolute Gasteiger partial charge is 0.141 e. The number of aryl methyl sites for hydroxylation is 1. The molecule has 2 N–H and O–H groups in total. The van der Waals surface area contributed by atoms with Crippen LogP contribution in [0, 0.1) is 6.92 Å². The van der Waals surface area contributed by atoms with Crippen LogP contribution in [-0.4, -0.2) is 24.0 Å². The van der Waals surface area contributed by atoms with E-state index in [9.17, 15) is 0 Å². The van der Waals surface area contributed by atoms with Gasteiger partial charge in [0.2, 0.25) is 0 Å². The number of methoxy groups -OCH3 is 2. The summed E-state index contributed by atoms with van der Waals surface area (Å²) in [5, 5.41) is 4.79. The monoisotopic (exact) mass is 281 g/mol. The highest BCUT2D eigenvalue weighted by molar-refractivity contribution is 6.33. The number of anilines is 1. The second-order valence-electron chi connectivity index (χ2n) is 4.16. The Bertz CT molecular complexity index is 574. The lowest BCUT2D eigenvalue weighted by Crippen LogP contribution is -2.06. The van der Waals surface area contributed by atoms with Crippen molar-refractivity contribution in [2.45, 2.75) is 13.5 Å². The van der Waals surface area contributed by atoms with E-state index in [-0.39, 0.29) is 0 Å². The summed E-state index contributed by atoms with van der Waals surface area (Å²) in [7, 11) is 3.23. The maximum absolute atomic E-state index is 6.02. The summed E-state index contributed by atoms with van der Waals surface area (Å²) < 4.78 is 12.1. The van der Waals surface area contributed by atoms with Crippen molar-refractivity contribution in [3.63, 3.8) is 0 Å². The van der Waals surface area contributed by atoms with E-state index in [1.807, 2.05) is 25.1 Å². The zero-order chi connectivity index (χ0) is 14.0. The Morgan fingerprint density at radius 2 is 1.79 bits per heavy atom. The van der Waals surface area contributed by atoms with Crippen molar-refractivity contribution in [1.82, 2.24) is 9.78 Å². The topological polar surface area (TPSA) is 62.3 Å². The third-order valence-electron chi connectivity index (χ3n) is 2.83. The van der Waals surface area contributed by atoms with Gasteiger partial charge in [-0.15, -0.1) is 0 Å². The van der Waals surface area contributed by atoms with E-state index in [0.29, 0.717) is 23.1 Å². The van der Waals surface area contributed by atoms with E-state index >= 15 is 0 Å². The molecule has 0 aliphatic carbocycles. The number of benzene rings is 1. The number of nitrogens with two attached hydrogens (primary N) is 1. The Hall–Kier alpha value is -1.88. The van der Waals surface area contributed by atoms with Gasteiger partial charge in [0.25, 0.3) is 0 Å². The minimum atomic E-state index is 0.459. The number of hydrogen-bond acceptors (Lipinski definition) is 4. The van der Waals surface area contributed by atoms with Crippen molar-refractivity contribution in [2.24, 2.45) is 0 Å². The summed E-state index contributed by atoms with van der Waals surface area (Å²) in [5.41, 5.74) is 7.59. The zero-order valence-electron chi connectivity index (χ0n) is 11.1. The van der Waals surface area contributed by atoms with Crippen LogP contribution in [-0.2, 0) is 6.54 Å². The van der Waals surface area contributed by atoms with Gasteiger partial charge in [0.15, 0.2) is 0 Å². The van der Waals surface area contributed by atoms with Crippen LogP contribution in [0.4, 0.5) is 5.82 Å². The standard InChI is InChI=1S/C13H16ClN3O2/c1-8-12(14)13(15)17(16-8)7-9-4-10(18-2)6-11(5-9)19-3/h4-6H,7,15H2,1-3H3. The van der Waals surface area contributed by atoms with Crippen molar-refractivity contribution >= 4 is 17.4 Å². The molecule has 0 fully saturated rings. The maximum atomic E-state index is 6.02. The average Bonchev–Trinajstić information content (AvgIpc) is 2.65. The summed E-state index contributed by atoms with van der Waals surface area (Å²) in [5.74, 6) is 1.91. The molecule has 1 aromatic heterocycles. The Morgan fingerprint density at radius 1 is 1.21 bits per heavy atom. The summed E-state index contributed by atoms with van der Waals surface area (Å²) in [6.45, 7) is 2.33. The Kier molecular flexibility index (Phi) is 3.85. The first-order valence-electron chi connectivity index (χ1n) is 5.75. The van der Waals surface area contributed by atoms with Crippen LogP contribution < -0.4 is 15.2 Å². The van der Waals surface area contributed by atoms with Gasteiger partial charge in [-0.25, -0.2) is 4.68 Å². The van der Waals surface area contributed by atoms with Crippen LogP contribution >= 0.6 is 11.6 Å². The third kappa shape index (κ3) is 2.76. The largest absolute Gasteiger partial charge is 0.497 e. The van der Waals surface area contributed by atoms with Crippen LogP contribution in [0.3, 0.4) is 0 Å². The van der Waals surface area contributed by atoms with Crippen molar-refractivity contribution in [3.05, 3.63) is 34.5 Å². The number of halogens is 1. The molecular formula is C13H16ClN3O2. The van der Waals surface area contributed by atoms with Crippen molar-refractivity contribution in [2.75, 3.05) is 20.0 Å². The lowest BCUT2D eigenvalue weighted by atomic mass is 10.2. The molecule has 0 amide bonds. The van der Waals surface area contributed by atoms with Crippen LogP contribution in [0.15, 0.2) is 18.2 Å². The molecule has 0 saturated heterocycles. The summed E-state index contributed by atoms with van der Waals surface area (Å²) in [6, 6.07) is 5.63. The molecule has 19 heavy (non-hydrogen) atoms. The molecule has 1 heterocycles. The molecule has 1 aromatic carbocycles. The molecule has 0 aliphatic rings. The second kappa shape index (κ2) is 5.40. The maximum Gasteiger partial charge on any atom is 0.141 e. The van der Waals surface area contributed by atoms with Gasteiger partial charge in [0.1, 0.15) is 22.3 Å². The van der Waals surface area contributed by atoms with Gasteiger partial charge in [-0.05, 0) is 24.6 Å². The molecule has 6 heteroatoms. The second-order valence-corrected chi connectivity index (χ2v) is 4.54. The summed E-state index contributed by atoms with van der Waals surface area (Å²) in [6.07, 6.45) is 0. The predicted octanol–water partition coefficient (Wildman–Crippen LogP) is 2.49. The van der Waals surface area contributed by atoms with E-state index < -0.39 is 0 Å². The zero-order valence-corrected chi connectivity index (χ0v) is 11.9. The number of rotatable bonds is 4. The van der Waals surface area contributed by atoms with Crippen LogP contribution in [0.5, 0.6) is 11.5 Å². The molecular weight excluding hydrogens is 266 g/mol. The Labute approximate surface area is 116 Å². The molecule has 5 nitrogen and oxygen atoms in total. The number of nitrogen functional groups attached to an aromatic ring is 1. The van der Waals surface area contributed by atoms with Gasteiger partial charge in [-0.3, -0.25) is 0 Å². The van der Waals surface area contributed by atoms with E-state index in [4.69, 9.17) is 26.8 Å². The molecule has 0 radical (unpaired) electrons. The average molecular weight is 282 g/mol.